The van der Waals surface area contributed by atoms with Gasteiger partial charge in [-0.1, -0.05) is 29.8 Å². The Labute approximate surface area is 164 Å². The van der Waals surface area contributed by atoms with E-state index in [0.717, 1.165) is 31.9 Å². The lowest BCUT2D eigenvalue weighted by Crippen LogP contribution is -2.47. The monoisotopic (exact) mass is 378 g/mol. The smallest absolute Gasteiger partial charge is 0.247 e. The second-order valence-corrected chi connectivity index (χ2v) is 6.93. The topological polar surface area (TPSA) is 57.2 Å². The summed E-state index contributed by atoms with van der Waals surface area (Å²) >= 11 is 0. The van der Waals surface area contributed by atoms with Gasteiger partial charge in [0.25, 0.3) is 0 Å². The van der Waals surface area contributed by atoms with Crippen LogP contribution in [0.1, 0.15) is 11.1 Å². The van der Waals surface area contributed by atoms with Crippen molar-refractivity contribution in [2.24, 2.45) is 0 Å². The summed E-state index contributed by atoms with van der Waals surface area (Å²) in [4.78, 5) is 8.99. The highest BCUT2D eigenvalue weighted by Crippen LogP contribution is 2.19. The Bertz CT molecular complexity index is 922. The largest absolute Gasteiger partial charge is 0.368 e. The molecule has 1 aliphatic heterocycles. The molecular formula is C21H23FN6. The molecule has 7 heteroatoms. The van der Waals surface area contributed by atoms with Crippen LogP contribution < -0.4 is 15.1 Å². The Balaban J connectivity index is 1.36. The van der Waals surface area contributed by atoms with Crippen LogP contribution in [-0.4, -0.2) is 41.4 Å². The lowest BCUT2D eigenvalue weighted by atomic mass is 10.1. The molecule has 3 aromatic rings. The molecule has 2 aromatic carbocycles. The van der Waals surface area contributed by atoms with Crippen molar-refractivity contribution >= 4 is 17.5 Å². The average Bonchev–Trinajstić information content (AvgIpc) is 2.73. The number of hydrogen-bond acceptors (Lipinski definition) is 6. The standard InChI is InChI=1S/C21H23FN6/c1-16-3-2-4-17(13-16)14-23-20-15-24-26-21(25-20)28-11-9-27(10-12-28)19-7-5-18(22)6-8-19/h2-8,13,15H,9-12,14H2,1H3,(H,23,25,26). The molecule has 0 spiro atoms. The van der Waals surface area contributed by atoms with Crippen molar-refractivity contribution in [3.63, 3.8) is 0 Å². The highest BCUT2D eigenvalue weighted by atomic mass is 19.1. The van der Waals surface area contributed by atoms with Crippen molar-refractivity contribution in [1.82, 2.24) is 15.2 Å². The maximum atomic E-state index is 13.1. The third kappa shape index (κ3) is 4.36. The minimum Gasteiger partial charge on any atom is -0.368 e. The first-order valence-electron chi connectivity index (χ1n) is 9.42. The molecule has 0 radical (unpaired) electrons. The van der Waals surface area contributed by atoms with Crippen LogP contribution in [-0.2, 0) is 6.54 Å². The fourth-order valence-electron chi connectivity index (χ4n) is 3.34. The van der Waals surface area contributed by atoms with E-state index in [4.69, 9.17) is 0 Å². The van der Waals surface area contributed by atoms with Gasteiger partial charge in [0, 0.05) is 38.4 Å². The van der Waals surface area contributed by atoms with Crippen LogP contribution >= 0.6 is 0 Å². The summed E-state index contributed by atoms with van der Waals surface area (Å²) in [5, 5.41) is 11.6. The molecule has 4 rings (SSSR count). The molecule has 1 saturated heterocycles. The van der Waals surface area contributed by atoms with Crippen molar-refractivity contribution in [3.05, 3.63) is 71.7 Å². The summed E-state index contributed by atoms with van der Waals surface area (Å²) < 4.78 is 13.1. The first-order valence-corrected chi connectivity index (χ1v) is 9.42. The molecule has 2 heterocycles. The second-order valence-electron chi connectivity index (χ2n) is 6.93. The second kappa shape index (κ2) is 8.21. The number of anilines is 3. The van der Waals surface area contributed by atoms with Crippen LogP contribution in [0.5, 0.6) is 0 Å². The Morgan fingerprint density at radius 3 is 2.50 bits per heavy atom. The third-order valence-electron chi connectivity index (χ3n) is 4.86. The lowest BCUT2D eigenvalue weighted by molar-refractivity contribution is 0.622. The van der Waals surface area contributed by atoms with Gasteiger partial charge in [-0.25, -0.2) is 4.39 Å². The van der Waals surface area contributed by atoms with Crippen molar-refractivity contribution in [1.29, 1.82) is 0 Å². The average molecular weight is 378 g/mol. The van der Waals surface area contributed by atoms with Gasteiger partial charge in [0.05, 0.1) is 6.20 Å². The summed E-state index contributed by atoms with van der Waals surface area (Å²) in [7, 11) is 0. The minimum atomic E-state index is -0.211. The summed E-state index contributed by atoms with van der Waals surface area (Å²) in [6.07, 6.45) is 1.65. The molecule has 0 bridgehead atoms. The van der Waals surface area contributed by atoms with Crippen LogP contribution in [0, 0.1) is 12.7 Å². The van der Waals surface area contributed by atoms with E-state index in [1.807, 2.05) is 12.1 Å². The van der Waals surface area contributed by atoms with Gasteiger partial charge in [-0.3, -0.25) is 0 Å². The molecule has 0 aliphatic carbocycles. The van der Waals surface area contributed by atoms with E-state index in [-0.39, 0.29) is 5.82 Å². The SMILES string of the molecule is Cc1cccc(CNc2cnnc(N3CCN(c4ccc(F)cc4)CC3)n2)c1. The van der Waals surface area contributed by atoms with E-state index < -0.39 is 0 Å². The molecule has 1 fully saturated rings. The highest BCUT2D eigenvalue weighted by Gasteiger charge is 2.20. The van der Waals surface area contributed by atoms with Crippen molar-refractivity contribution in [2.45, 2.75) is 13.5 Å². The third-order valence-corrected chi connectivity index (χ3v) is 4.86. The number of hydrogen-bond donors (Lipinski definition) is 1. The van der Waals surface area contributed by atoms with Gasteiger partial charge >= 0.3 is 0 Å². The zero-order chi connectivity index (χ0) is 19.3. The van der Waals surface area contributed by atoms with Gasteiger partial charge in [0.1, 0.15) is 5.82 Å². The van der Waals surface area contributed by atoms with Crippen LogP contribution in [0.3, 0.4) is 0 Å². The van der Waals surface area contributed by atoms with Gasteiger partial charge in [0.15, 0.2) is 5.82 Å². The molecular weight excluding hydrogens is 355 g/mol. The fourth-order valence-corrected chi connectivity index (χ4v) is 3.34. The number of nitrogens with one attached hydrogen (secondary N) is 1. The molecule has 0 atom stereocenters. The van der Waals surface area contributed by atoms with Crippen molar-refractivity contribution in [2.75, 3.05) is 41.3 Å². The van der Waals surface area contributed by atoms with Gasteiger partial charge in [-0.2, -0.15) is 10.1 Å². The Morgan fingerprint density at radius 2 is 1.75 bits per heavy atom. The molecule has 6 nitrogen and oxygen atoms in total. The molecule has 1 aliphatic rings. The number of nitrogens with zero attached hydrogens (tertiary/aromatic N) is 5. The number of aryl methyl sites for hydroxylation is 1. The Morgan fingerprint density at radius 1 is 1.00 bits per heavy atom. The van der Waals surface area contributed by atoms with Gasteiger partial charge in [-0.15, -0.1) is 5.10 Å². The normalized spacial score (nSPS) is 14.2. The maximum absolute atomic E-state index is 13.1. The van der Waals surface area contributed by atoms with Crippen molar-refractivity contribution < 1.29 is 4.39 Å². The van der Waals surface area contributed by atoms with Crippen LogP contribution in [0.2, 0.25) is 0 Å². The van der Waals surface area contributed by atoms with E-state index in [1.54, 1.807) is 6.20 Å². The molecule has 1 aromatic heterocycles. The van der Waals surface area contributed by atoms with Gasteiger partial charge < -0.3 is 15.1 Å². The number of halogens is 1. The summed E-state index contributed by atoms with van der Waals surface area (Å²) in [6, 6.07) is 15.0. The number of aromatic nitrogens is 3. The molecule has 28 heavy (non-hydrogen) atoms. The quantitative estimate of drug-likeness (QED) is 0.736. The zero-order valence-corrected chi connectivity index (χ0v) is 15.8. The van der Waals surface area contributed by atoms with E-state index in [0.29, 0.717) is 18.3 Å². The number of piperazine rings is 1. The van der Waals surface area contributed by atoms with Crippen molar-refractivity contribution in [3.8, 4) is 0 Å². The lowest BCUT2D eigenvalue weighted by Gasteiger charge is -2.35. The predicted molar refractivity (Wildman–Crippen MR) is 109 cm³/mol. The minimum absolute atomic E-state index is 0.211. The van der Waals surface area contributed by atoms with Crippen LogP contribution in [0.4, 0.5) is 21.8 Å². The maximum Gasteiger partial charge on any atom is 0.247 e. The van der Waals surface area contributed by atoms with E-state index in [9.17, 15) is 4.39 Å². The summed E-state index contributed by atoms with van der Waals surface area (Å²) in [5.74, 6) is 1.14. The van der Waals surface area contributed by atoms with Gasteiger partial charge in [-0.05, 0) is 36.8 Å². The highest BCUT2D eigenvalue weighted by molar-refractivity contribution is 5.49. The Kier molecular flexibility index (Phi) is 5.32. The first kappa shape index (κ1) is 18.2. The molecule has 0 amide bonds. The number of benzene rings is 2. The van der Waals surface area contributed by atoms with Crippen LogP contribution in [0.25, 0.3) is 0 Å². The molecule has 1 N–H and O–H groups in total. The van der Waals surface area contributed by atoms with E-state index >= 15 is 0 Å². The van der Waals surface area contributed by atoms with E-state index in [1.165, 1.54) is 23.3 Å². The summed E-state index contributed by atoms with van der Waals surface area (Å²) in [5.41, 5.74) is 3.47. The number of rotatable bonds is 5. The van der Waals surface area contributed by atoms with E-state index in [2.05, 4.69) is 61.5 Å². The zero-order valence-electron chi connectivity index (χ0n) is 15.8. The molecule has 144 valence electrons. The van der Waals surface area contributed by atoms with Crippen LogP contribution in [0.15, 0.2) is 54.7 Å². The first-order chi connectivity index (χ1) is 13.7. The molecule has 0 unspecified atom stereocenters. The summed E-state index contributed by atoms with van der Waals surface area (Å²) in [6.45, 7) is 6.02. The Hall–Kier alpha value is -3.22. The predicted octanol–water partition coefficient (Wildman–Crippen LogP) is 3.26. The van der Waals surface area contributed by atoms with Gasteiger partial charge in [0.2, 0.25) is 5.95 Å². The molecule has 0 saturated carbocycles. The fraction of sp³-hybridized carbons (Fsp3) is 0.286.